The average Bonchev–Trinajstić information content (AvgIpc) is 3.33. The van der Waals surface area contributed by atoms with E-state index in [0.29, 0.717) is 46.3 Å². The Bertz CT molecular complexity index is 1290. The normalized spacial score (nSPS) is 13.0. The van der Waals surface area contributed by atoms with Crippen molar-refractivity contribution in [3.05, 3.63) is 53.6 Å². The maximum absolute atomic E-state index is 13.0. The van der Waals surface area contributed by atoms with Crippen molar-refractivity contribution >= 4 is 28.0 Å². The molecule has 0 fully saturated rings. The van der Waals surface area contributed by atoms with E-state index >= 15 is 0 Å². The molecule has 2 aromatic carbocycles. The summed E-state index contributed by atoms with van der Waals surface area (Å²) in [7, 11) is 3.22. The number of hydrogen-bond donors (Lipinski definition) is 2. The molecule has 0 radical (unpaired) electrons. The molecule has 1 amide bonds. The van der Waals surface area contributed by atoms with Gasteiger partial charge in [0.15, 0.2) is 5.65 Å². The van der Waals surface area contributed by atoms with Gasteiger partial charge in [-0.3, -0.25) is 9.36 Å². The molecule has 2 N–H and O–H groups in total. The molecule has 0 aliphatic heterocycles. The van der Waals surface area contributed by atoms with Gasteiger partial charge in [-0.1, -0.05) is 5.21 Å². The molecule has 0 saturated heterocycles. The van der Waals surface area contributed by atoms with Gasteiger partial charge in [-0.2, -0.15) is 13.2 Å². The van der Waals surface area contributed by atoms with E-state index < -0.39 is 17.8 Å². The number of alkyl halides is 3. The van der Waals surface area contributed by atoms with Gasteiger partial charge in [-0.15, -0.1) is 5.10 Å². The Morgan fingerprint density at radius 3 is 2.58 bits per heavy atom. The van der Waals surface area contributed by atoms with Crippen LogP contribution in [0.15, 0.2) is 42.5 Å². The summed E-state index contributed by atoms with van der Waals surface area (Å²) >= 11 is 0. The Kier molecular flexibility index (Phi) is 6.09. The van der Waals surface area contributed by atoms with Crippen molar-refractivity contribution in [2.24, 2.45) is 7.05 Å². The number of halogens is 3. The second-order valence-corrected chi connectivity index (χ2v) is 7.63. The number of ether oxygens (including phenoxy) is 1. The van der Waals surface area contributed by atoms with E-state index in [0.717, 1.165) is 12.1 Å². The molecule has 1 atom stereocenters. The molecule has 11 heteroatoms. The van der Waals surface area contributed by atoms with Crippen LogP contribution in [0.3, 0.4) is 0 Å². The molecule has 4 aromatic rings. The van der Waals surface area contributed by atoms with Crippen molar-refractivity contribution in [3.63, 3.8) is 0 Å². The Balaban J connectivity index is 1.77. The van der Waals surface area contributed by atoms with Crippen LogP contribution in [0.25, 0.3) is 27.8 Å². The third kappa shape index (κ3) is 4.29. The second-order valence-electron chi connectivity index (χ2n) is 7.63. The summed E-state index contributed by atoms with van der Waals surface area (Å²) in [6, 6.07) is 9.35. The largest absolute Gasteiger partial charge is 0.416 e. The van der Waals surface area contributed by atoms with Crippen molar-refractivity contribution in [3.8, 4) is 5.69 Å². The Morgan fingerprint density at radius 2 is 1.94 bits per heavy atom. The van der Waals surface area contributed by atoms with E-state index in [1.54, 1.807) is 29.8 Å². The molecule has 2 aromatic heterocycles. The monoisotopic (exact) mass is 461 g/mol. The predicted octanol–water partition coefficient (Wildman–Crippen LogP) is 3.06. The number of aromatic nitrogens is 4. The highest BCUT2D eigenvalue weighted by molar-refractivity contribution is 6.09. The van der Waals surface area contributed by atoms with E-state index in [-0.39, 0.29) is 12.5 Å². The number of aliphatic hydroxyl groups excluding tert-OH is 1. The van der Waals surface area contributed by atoms with E-state index in [4.69, 9.17) is 4.74 Å². The Hall–Kier alpha value is -3.44. The number of fused-ring (bicyclic) bond motifs is 3. The molecular weight excluding hydrogens is 439 g/mol. The summed E-state index contributed by atoms with van der Waals surface area (Å²) in [6.45, 7) is 0.163. The topological polar surface area (TPSA) is 94.2 Å². The molecule has 0 aliphatic rings. The number of hydrogen-bond acceptors (Lipinski definition) is 5. The van der Waals surface area contributed by atoms with Crippen molar-refractivity contribution < 1.29 is 27.8 Å². The number of aryl methyl sites for hydroxylation is 1. The lowest BCUT2D eigenvalue weighted by molar-refractivity contribution is -0.137. The Labute approximate surface area is 186 Å². The van der Waals surface area contributed by atoms with Crippen LogP contribution in [0.2, 0.25) is 0 Å². The van der Waals surface area contributed by atoms with Gasteiger partial charge in [-0.05, 0) is 48.9 Å². The molecule has 1 unspecified atom stereocenters. The number of nitrogens with zero attached hydrogens (tertiary/aromatic N) is 4. The fourth-order valence-corrected chi connectivity index (χ4v) is 3.75. The SMILES string of the molecule is COCCC(CO)NC(=O)c1ccc2c(c1)c1nnn(C)c1n2-c1ccc(C(F)(F)F)cc1. The van der Waals surface area contributed by atoms with Crippen LogP contribution in [0.1, 0.15) is 22.3 Å². The molecule has 0 bridgehead atoms. The van der Waals surface area contributed by atoms with Crippen molar-refractivity contribution in [2.75, 3.05) is 20.3 Å². The van der Waals surface area contributed by atoms with Crippen molar-refractivity contribution in [1.29, 1.82) is 0 Å². The van der Waals surface area contributed by atoms with E-state index in [9.17, 15) is 23.1 Å². The zero-order valence-electron chi connectivity index (χ0n) is 17.9. The first kappa shape index (κ1) is 22.7. The maximum Gasteiger partial charge on any atom is 0.416 e. The lowest BCUT2D eigenvalue weighted by Crippen LogP contribution is -2.38. The van der Waals surface area contributed by atoms with Gasteiger partial charge in [0.25, 0.3) is 5.91 Å². The summed E-state index contributed by atoms with van der Waals surface area (Å²) in [5.74, 6) is -0.369. The first-order valence-electron chi connectivity index (χ1n) is 10.2. The zero-order valence-corrected chi connectivity index (χ0v) is 17.9. The fraction of sp³-hybridized carbons (Fsp3) is 0.318. The van der Waals surface area contributed by atoms with Crippen LogP contribution in [-0.4, -0.2) is 56.9 Å². The summed E-state index contributed by atoms with van der Waals surface area (Å²) in [6.07, 6.45) is -3.97. The number of methoxy groups -OCH3 is 1. The fourth-order valence-electron chi connectivity index (χ4n) is 3.75. The smallest absolute Gasteiger partial charge is 0.394 e. The van der Waals surface area contributed by atoms with E-state index in [2.05, 4.69) is 15.6 Å². The maximum atomic E-state index is 13.0. The predicted molar refractivity (Wildman–Crippen MR) is 115 cm³/mol. The first-order valence-corrected chi connectivity index (χ1v) is 10.2. The van der Waals surface area contributed by atoms with Gasteiger partial charge in [0, 0.05) is 37.4 Å². The number of rotatable bonds is 7. The lowest BCUT2D eigenvalue weighted by Gasteiger charge is -2.16. The summed E-state index contributed by atoms with van der Waals surface area (Å²) in [5.41, 5.74) is 1.88. The van der Waals surface area contributed by atoms with Crippen molar-refractivity contribution in [1.82, 2.24) is 24.9 Å². The standard InChI is InChI=1S/C22H22F3N5O3/c1-29-21-19(27-28-29)17-11-13(20(32)26-15(12-31)9-10-33-2)3-8-18(17)30(21)16-6-4-14(5-7-16)22(23,24)25/h3-8,11,15,31H,9-10,12H2,1-2H3,(H,26,32). The van der Waals surface area contributed by atoms with Gasteiger partial charge < -0.3 is 15.2 Å². The number of aliphatic hydroxyl groups is 1. The van der Waals surface area contributed by atoms with Crippen LogP contribution >= 0.6 is 0 Å². The number of amides is 1. The third-order valence-electron chi connectivity index (χ3n) is 5.44. The highest BCUT2D eigenvalue weighted by Gasteiger charge is 2.30. The molecule has 8 nitrogen and oxygen atoms in total. The minimum Gasteiger partial charge on any atom is -0.394 e. The minimum atomic E-state index is -4.43. The minimum absolute atomic E-state index is 0.226. The molecule has 33 heavy (non-hydrogen) atoms. The van der Waals surface area contributed by atoms with Gasteiger partial charge in [-0.25, -0.2) is 4.68 Å². The van der Waals surface area contributed by atoms with Gasteiger partial charge in [0.2, 0.25) is 0 Å². The molecule has 2 heterocycles. The second kappa shape index (κ2) is 8.83. The molecule has 0 spiro atoms. The average molecular weight is 461 g/mol. The Morgan fingerprint density at radius 1 is 1.21 bits per heavy atom. The van der Waals surface area contributed by atoms with Gasteiger partial charge in [0.05, 0.1) is 23.7 Å². The van der Waals surface area contributed by atoms with E-state index in [1.165, 1.54) is 23.9 Å². The molecular formula is C22H22F3N5O3. The van der Waals surface area contributed by atoms with Crippen LogP contribution in [0, 0.1) is 0 Å². The molecule has 4 rings (SSSR count). The highest BCUT2D eigenvalue weighted by Crippen LogP contribution is 2.33. The number of nitrogens with one attached hydrogen (secondary N) is 1. The van der Waals surface area contributed by atoms with Crippen molar-refractivity contribution in [2.45, 2.75) is 18.6 Å². The summed E-state index contributed by atoms with van der Waals surface area (Å²) < 4.78 is 47.3. The van der Waals surface area contributed by atoms with Crippen LogP contribution < -0.4 is 5.32 Å². The van der Waals surface area contributed by atoms with Crippen LogP contribution in [0.4, 0.5) is 13.2 Å². The first-order chi connectivity index (χ1) is 15.7. The zero-order chi connectivity index (χ0) is 23.8. The third-order valence-corrected chi connectivity index (χ3v) is 5.44. The molecule has 174 valence electrons. The lowest BCUT2D eigenvalue weighted by atomic mass is 10.1. The van der Waals surface area contributed by atoms with Gasteiger partial charge in [0.1, 0.15) is 5.52 Å². The number of carbonyl (C=O) groups is 1. The van der Waals surface area contributed by atoms with Gasteiger partial charge >= 0.3 is 6.18 Å². The quantitative estimate of drug-likeness (QED) is 0.441. The highest BCUT2D eigenvalue weighted by atomic mass is 19.4. The summed E-state index contributed by atoms with van der Waals surface area (Å²) in [4.78, 5) is 12.8. The number of carbonyl (C=O) groups excluding carboxylic acids is 1. The van der Waals surface area contributed by atoms with Crippen LogP contribution in [-0.2, 0) is 18.0 Å². The molecule has 0 saturated carbocycles. The number of benzene rings is 2. The summed E-state index contributed by atoms with van der Waals surface area (Å²) in [5, 5.41) is 21.1. The molecule has 0 aliphatic carbocycles. The van der Waals surface area contributed by atoms with Crippen LogP contribution in [0.5, 0.6) is 0 Å². The van der Waals surface area contributed by atoms with E-state index in [1.807, 2.05) is 0 Å².